The SMILES string of the molecule is Cc1cc(F)ccc1C(=O)NCC1CCNCC1C. The van der Waals surface area contributed by atoms with Gasteiger partial charge in [0.15, 0.2) is 0 Å². The van der Waals surface area contributed by atoms with Crippen LogP contribution in [0, 0.1) is 24.6 Å². The Balaban J connectivity index is 1.93. The van der Waals surface area contributed by atoms with E-state index in [1.807, 2.05) is 0 Å². The lowest BCUT2D eigenvalue weighted by Gasteiger charge is -2.29. The number of piperidine rings is 1. The summed E-state index contributed by atoms with van der Waals surface area (Å²) in [5.74, 6) is 0.679. The van der Waals surface area contributed by atoms with Crippen LogP contribution in [-0.2, 0) is 0 Å². The van der Waals surface area contributed by atoms with Crippen LogP contribution in [0.2, 0.25) is 0 Å². The van der Waals surface area contributed by atoms with Gasteiger partial charge < -0.3 is 10.6 Å². The molecule has 3 nitrogen and oxygen atoms in total. The molecule has 0 radical (unpaired) electrons. The lowest BCUT2D eigenvalue weighted by atomic mass is 9.88. The second kappa shape index (κ2) is 6.15. The minimum Gasteiger partial charge on any atom is -0.352 e. The maximum atomic E-state index is 13.0. The molecular weight excluding hydrogens is 243 g/mol. The summed E-state index contributed by atoms with van der Waals surface area (Å²) >= 11 is 0. The van der Waals surface area contributed by atoms with Crippen molar-refractivity contribution in [3.8, 4) is 0 Å². The molecule has 2 unspecified atom stereocenters. The Hall–Kier alpha value is -1.42. The van der Waals surface area contributed by atoms with Crippen LogP contribution >= 0.6 is 0 Å². The lowest BCUT2D eigenvalue weighted by molar-refractivity contribution is 0.0937. The molecule has 0 aliphatic carbocycles. The summed E-state index contributed by atoms with van der Waals surface area (Å²) in [5, 5.41) is 6.31. The van der Waals surface area contributed by atoms with Crippen LogP contribution in [0.25, 0.3) is 0 Å². The molecular formula is C15H21FN2O. The van der Waals surface area contributed by atoms with Gasteiger partial charge in [-0.3, -0.25) is 4.79 Å². The van der Waals surface area contributed by atoms with E-state index in [2.05, 4.69) is 17.6 Å². The number of amides is 1. The van der Waals surface area contributed by atoms with Gasteiger partial charge in [-0.25, -0.2) is 4.39 Å². The van der Waals surface area contributed by atoms with Crippen LogP contribution in [0.4, 0.5) is 4.39 Å². The topological polar surface area (TPSA) is 41.1 Å². The van der Waals surface area contributed by atoms with Crippen molar-refractivity contribution in [1.29, 1.82) is 0 Å². The van der Waals surface area contributed by atoms with E-state index in [1.165, 1.54) is 12.1 Å². The quantitative estimate of drug-likeness (QED) is 0.878. The smallest absolute Gasteiger partial charge is 0.251 e. The van der Waals surface area contributed by atoms with Crippen molar-refractivity contribution in [2.75, 3.05) is 19.6 Å². The molecule has 1 aromatic carbocycles. The fraction of sp³-hybridized carbons (Fsp3) is 0.533. The number of carbonyl (C=O) groups is 1. The predicted molar refractivity (Wildman–Crippen MR) is 73.6 cm³/mol. The van der Waals surface area contributed by atoms with E-state index in [-0.39, 0.29) is 11.7 Å². The molecule has 2 atom stereocenters. The molecule has 2 rings (SSSR count). The largest absolute Gasteiger partial charge is 0.352 e. The van der Waals surface area contributed by atoms with E-state index in [1.54, 1.807) is 13.0 Å². The maximum absolute atomic E-state index is 13.0. The molecule has 1 amide bonds. The van der Waals surface area contributed by atoms with E-state index in [4.69, 9.17) is 0 Å². The van der Waals surface area contributed by atoms with Crippen molar-refractivity contribution >= 4 is 5.91 Å². The van der Waals surface area contributed by atoms with Gasteiger partial charge in [-0.2, -0.15) is 0 Å². The third kappa shape index (κ3) is 3.53. The highest BCUT2D eigenvalue weighted by molar-refractivity contribution is 5.95. The van der Waals surface area contributed by atoms with E-state index in [0.717, 1.165) is 19.5 Å². The molecule has 0 spiro atoms. The molecule has 2 N–H and O–H groups in total. The summed E-state index contributed by atoms with van der Waals surface area (Å²) in [7, 11) is 0. The zero-order valence-electron chi connectivity index (χ0n) is 11.5. The zero-order valence-corrected chi connectivity index (χ0v) is 11.5. The Morgan fingerprint density at radius 3 is 3.00 bits per heavy atom. The Labute approximate surface area is 113 Å². The number of rotatable bonds is 3. The van der Waals surface area contributed by atoms with Crippen LogP contribution in [0.5, 0.6) is 0 Å². The van der Waals surface area contributed by atoms with Crippen molar-refractivity contribution in [1.82, 2.24) is 10.6 Å². The Bertz CT molecular complexity index is 461. The second-order valence-electron chi connectivity index (χ2n) is 5.40. The summed E-state index contributed by atoms with van der Waals surface area (Å²) in [5.41, 5.74) is 1.24. The first-order chi connectivity index (χ1) is 9.08. The predicted octanol–water partition coefficient (Wildman–Crippen LogP) is 2.11. The van der Waals surface area contributed by atoms with Gasteiger partial charge >= 0.3 is 0 Å². The molecule has 1 aliphatic rings. The summed E-state index contributed by atoms with van der Waals surface area (Å²) in [6.07, 6.45) is 1.09. The Morgan fingerprint density at radius 1 is 1.53 bits per heavy atom. The van der Waals surface area contributed by atoms with E-state index < -0.39 is 0 Å². The van der Waals surface area contributed by atoms with Crippen molar-refractivity contribution in [2.45, 2.75) is 20.3 Å². The molecule has 0 bridgehead atoms. The van der Waals surface area contributed by atoms with Gasteiger partial charge in [0, 0.05) is 12.1 Å². The summed E-state index contributed by atoms with van der Waals surface area (Å²) in [6, 6.07) is 4.27. The average molecular weight is 264 g/mol. The van der Waals surface area contributed by atoms with E-state index >= 15 is 0 Å². The minimum absolute atomic E-state index is 0.108. The van der Waals surface area contributed by atoms with Gasteiger partial charge in [-0.15, -0.1) is 0 Å². The van der Waals surface area contributed by atoms with Crippen molar-refractivity contribution in [3.63, 3.8) is 0 Å². The summed E-state index contributed by atoms with van der Waals surface area (Å²) in [6.45, 7) is 6.67. The normalized spacial score (nSPS) is 23.1. The van der Waals surface area contributed by atoms with Gasteiger partial charge in [0.2, 0.25) is 0 Å². The lowest BCUT2D eigenvalue weighted by Crippen LogP contribution is -2.41. The second-order valence-corrected chi connectivity index (χ2v) is 5.40. The highest BCUT2D eigenvalue weighted by atomic mass is 19.1. The Kier molecular flexibility index (Phi) is 4.53. The number of hydrogen-bond acceptors (Lipinski definition) is 2. The molecule has 104 valence electrons. The first kappa shape index (κ1) is 14.0. The number of nitrogens with one attached hydrogen (secondary N) is 2. The van der Waals surface area contributed by atoms with Crippen LogP contribution in [0.1, 0.15) is 29.3 Å². The molecule has 1 heterocycles. The highest BCUT2D eigenvalue weighted by Gasteiger charge is 2.21. The zero-order chi connectivity index (χ0) is 13.8. The van der Waals surface area contributed by atoms with Crippen LogP contribution < -0.4 is 10.6 Å². The van der Waals surface area contributed by atoms with Gasteiger partial charge in [0.05, 0.1) is 0 Å². The number of carbonyl (C=O) groups excluding carboxylic acids is 1. The number of aryl methyl sites for hydroxylation is 1. The third-order valence-corrected chi connectivity index (χ3v) is 3.92. The molecule has 1 saturated heterocycles. The van der Waals surface area contributed by atoms with Crippen molar-refractivity contribution < 1.29 is 9.18 Å². The average Bonchev–Trinajstić information content (AvgIpc) is 2.37. The molecule has 0 saturated carbocycles. The monoisotopic (exact) mass is 264 g/mol. The Morgan fingerprint density at radius 2 is 2.32 bits per heavy atom. The highest BCUT2D eigenvalue weighted by Crippen LogP contribution is 2.18. The third-order valence-electron chi connectivity index (χ3n) is 3.92. The maximum Gasteiger partial charge on any atom is 0.251 e. The molecule has 19 heavy (non-hydrogen) atoms. The van der Waals surface area contributed by atoms with Crippen molar-refractivity contribution in [3.05, 3.63) is 35.1 Å². The van der Waals surface area contributed by atoms with Gasteiger partial charge in [0.1, 0.15) is 5.82 Å². The number of benzene rings is 1. The number of hydrogen-bond donors (Lipinski definition) is 2. The van der Waals surface area contributed by atoms with E-state index in [9.17, 15) is 9.18 Å². The fourth-order valence-electron chi connectivity index (χ4n) is 2.57. The molecule has 4 heteroatoms. The number of halogens is 1. The van der Waals surface area contributed by atoms with Crippen molar-refractivity contribution in [2.24, 2.45) is 11.8 Å². The van der Waals surface area contributed by atoms with Crippen LogP contribution in [0.3, 0.4) is 0 Å². The van der Waals surface area contributed by atoms with Gasteiger partial charge in [-0.1, -0.05) is 6.92 Å². The molecule has 0 aromatic heterocycles. The fourth-order valence-corrected chi connectivity index (χ4v) is 2.57. The van der Waals surface area contributed by atoms with Gasteiger partial charge in [-0.05, 0) is 62.0 Å². The molecule has 1 fully saturated rings. The molecule has 1 aromatic rings. The van der Waals surface area contributed by atoms with Crippen LogP contribution in [-0.4, -0.2) is 25.5 Å². The summed E-state index contributed by atoms with van der Waals surface area (Å²) in [4.78, 5) is 12.1. The standard InChI is InChI=1S/C15H21FN2O/c1-10-7-13(16)3-4-14(10)15(19)18-9-12-5-6-17-8-11(12)2/h3-4,7,11-12,17H,5-6,8-9H2,1-2H3,(H,18,19). The molecule has 1 aliphatic heterocycles. The van der Waals surface area contributed by atoms with E-state index in [0.29, 0.717) is 29.5 Å². The first-order valence-electron chi connectivity index (χ1n) is 6.83. The first-order valence-corrected chi connectivity index (χ1v) is 6.83. The minimum atomic E-state index is -0.305. The van der Waals surface area contributed by atoms with Crippen LogP contribution in [0.15, 0.2) is 18.2 Å². The summed E-state index contributed by atoms with van der Waals surface area (Å²) < 4.78 is 13.0. The van der Waals surface area contributed by atoms with Gasteiger partial charge in [0.25, 0.3) is 5.91 Å².